The van der Waals surface area contributed by atoms with E-state index in [-0.39, 0.29) is 0 Å². The van der Waals surface area contributed by atoms with Crippen molar-refractivity contribution in [1.82, 2.24) is 0 Å². The third-order valence-electron chi connectivity index (χ3n) is 3.12. The minimum Gasteiger partial charge on any atom is -0.0947 e. The molecule has 0 aliphatic heterocycles. The SMILES string of the molecule is C[Si](C)(C)/C=C/C1=C(/C=C/[Si](C)(C)C)CCCC1. The van der Waals surface area contributed by atoms with Gasteiger partial charge in [0, 0.05) is 0 Å². The zero-order chi connectivity index (χ0) is 13.8. The predicted octanol–water partition coefficient (Wildman–Crippen LogP) is 5.72. The van der Waals surface area contributed by atoms with E-state index < -0.39 is 16.1 Å². The van der Waals surface area contributed by atoms with Crippen molar-refractivity contribution in [2.45, 2.75) is 65.0 Å². The summed E-state index contributed by atoms with van der Waals surface area (Å²) in [6.07, 6.45) is 10.2. The van der Waals surface area contributed by atoms with Gasteiger partial charge in [-0.2, -0.15) is 0 Å². The maximum atomic E-state index is 2.50. The van der Waals surface area contributed by atoms with Crippen molar-refractivity contribution < 1.29 is 0 Å². The zero-order valence-electron chi connectivity index (χ0n) is 13.1. The molecule has 0 unspecified atom stereocenters. The fraction of sp³-hybridized carbons (Fsp3) is 0.625. The average Bonchev–Trinajstić information content (AvgIpc) is 2.22. The molecule has 0 amide bonds. The van der Waals surface area contributed by atoms with Crippen LogP contribution in [0.3, 0.4) is 0 Å². The number of allylic oxidation sites excluding steroid dienone is 4. The maximum Gasteiger partial charge on any atom is 0.0687 e. The van der Waals surface area contributed by atoms with Crippen molar-refractivity contribution in [1.29, 1.82) is 0 Å². The Kier molecular flexibility index (Phi) is 5.41. The molecule has 0 aromatic carbocycles. The topological polar surface area (TPSA) is 0 Å². The van der Waals surface area contributed by atoms with Gasteiger partial charge in [-0.1, -0.05) is 62.8 Å². The van der Waals surface area contributed by atoms with E-state index in [0.717, 1.165) is 0 Å². The molecule has 2 heteroatoms. The molecule has 0 aromatic rings. The molecule has 102 valence electrons. The normalized spacial score (nSPS) is 19.2. The minimum absolute atomic E-state index is 1.06. The number of hydrogen-bond donors (Lipinski definition) is 0. The molecule has 0 radical (unpaired) electrons. The molecule has 0 fully saturated rings. The summed E-state index contributed by atoms with van der Waals surface area (Å²) >= 11 is 0. The predicted molar refractivity (Wildman–Crippen MR) is 90.5 cm³/mol. The summed E-state index contributed by atoms with van der Waals surface area (Å²) in [7, 11) is -2.12. The summed E-state index contributed by atoms with van der Waals surface area (Å²) in [4.78, 5) is 0. The van der Waals surface area contributed by atoms with Crippen molar-refractivity contribution in [3.63, 3.8) is 0 Å². The van der Waals surface area contributed by atoms with Crippen LogP contribution >= 0.6 is 0 Å². The molecule has 18 heavy (non-hydrogen) atoms. The van der Waals surface area contributed by atoms with Crippen LogP contribution in [0.5, 0.6) is 0 Å². The summed E-state index contributed by atoms with van der Waals surface area (Å²) in [5.41, 5.74) is 8.21. The van der Waals surface area contributed by atoms with Crippen molar-refractivity contribution >= 4 is 16.1 Å². The lowest BCUT2D eigenvalue weighted by Crippen LogP contribution is -2.16. The van der Waals surface area contributed by atoms with Gasteiger partial charge in [0.2, 0.25) is 0 Å². The summed E-state index contributed by atoms with van der Waals surface area (Å²) in [5, 5.41) is 0. The van der Waals surface area contributed by atoms with Crippen molar-refractivity contribution in [3.8, 4) is 0 Å². The minimum atomic E-state index is -1.06. The Morgan fingerprint density at radius 1 is 0.667 bits per heavy atom. The molecule has 0 nitrogen and oxygen atoms in total. The first kappa shape index (κ1) is 15.7. The Hall–Kier alpha value is -0.346. The standard InChI is InChI=1S/C16H30Si2/c1-17(2,3)13-11-15-9-7-8-10-16(15)12-14-18(4,5)6/h11-14H,7-10H2,1-6H3/b13-11+,14-12+. The second kappa shape index (κ2) is 6.20. The molecule has 1 aliphatic carbocycles. The molecule has 1 rings (SSSR count). The van der Waals surface area contributed by atoms with Crippen LogP contribution in [0, 0.1) is 0 Å². The molecule has 0 spiro atoms. The van der Waals surface area contributed by atoms with Gasteiger partial charge in [-0.05, 0) is 36.8 Å². The second-order valence-corrected chi connectivity index (χ2v) is 17.8. The molecule has 0 saturated carbocycles. The van der Waals surface area contributed by atoms with Gasteiger partial charge in [0.25, 0.3) is 0 Å². The first-order valence-electron chi connectivity index (χ1n) is 7.28. The van der Waals surface area contributed by atoms with E-state index in [2.05, 4.69) is 62.8 Å². The van der Waals surface area contributed by atoms with Crippen LogP contribution in [0.4, 0.5) is 0 Å². The highest BCUT2D eigenvalue weighted by atomic mass is 28.3. The van der Waals surface area contributed by atoms with Gasteiger partial charge in [-0.25, -0.2) is 0 Å². The second-order valence-electron chi connectivity index (χ2n) is 7.66. The van der Waals surface area contributed by atoms with Gasteiger partial charge >= 0.3 is 0 Å². The molecular weight excluding hydrogens is 248 g/mol. The van der Waals surface area contributed by atoms with E-state index in [9.17, 15) is 0 Å². The molecule has 0 saturated heterocycles. The molecule has 0 heterocycles. The molecule has 0 N–H and O–H groups in total. The molecular formula is C16H30Si2. The largest absolute Gasteiger partial charge is 0.0947 e. The molecule has 1 aliphatic rings. The van der Waals surface area contributed by atoms with Crippen LogP contribution in [0.2, 0.25) is 39.3 Å². The Morgan fingerprint density at radius 3 is 1.28 bits per heavy atom. The highest BCUT2D eigenvalue weighted by molar-refractivity contribution is 6.81. The third-order valence-corrected chi connectivity index (χ3v) is 5.46. The van der Waals surface area contributed by atoms with E-state index in [1.165, 1.54) is 25.7 Å². The Balaban J connectivity index is 2.90. The monoisotopic (exact) mass is 278 g/mol. The van der Waals surface area contributed by atoms with E-state index in [0.29, 0.717) is 0 Å². The van der Waals surface area contributed by atoms with Gasteiger partial charge in [0.15, 0.2) is 0 Å². The summed E-state index contributed by atoms with van der Waals surface area (Å²) < 4.78 is 0. The van der Waals surface area contributed by atoms with Gasteiger partial charge in [-0.3, -0.25) is 0 Å². The Labute approximate surface area is 116 Å². The van der Waals surface area contributed by atoms with E-state index in [4.69, 9.17) is 0 Å². The van der Waals surface area contributed by atoms with Gasteiger partial charge < -0.3 is 0 Å². The molecule has 0 atom stereocenters. The highest BCUT2D eigenvalue weighted by Gasteiger charge is 2.13. The number of rotatable bonds is 4. The quantitative estimate of drug-likeness (QED) is 0.577. The smallest absolute Gasteiger partial charge is 0.0687 e. The van der Waals surface area contributed by atoms with Crippen LogP contribution in [0.15, 0.2) is 34.7 Å². The number of hydrogen-bond acceptors (Lipinski definition) is 0. The lowest BCUT2D eigenvalue weighted by Gasteiger charge is -2.18. The van der Waals surface area contributed by atoms with Crippen LogP contribution in [0.25, 0.3) is 0 Å². The van der Waals surface area contributed by atoms with Gasteiger partial charge in [-0.15, -0.1) is 0 Å². The van der Waals surface area contributed by atoms with Crippen molar-refractivity contribution in [2.75, 3.05) is 0 Å². The lowest BCUT2D eigenvalue weighted by molar-refractivity contribution is 0.693. The zero-order valence-corrected chi connectivity index (χ0v) is 15.1. The van der Waals surface area contributed by atoms with E-state index in [1.807, 2.05) is 0 Å². The van der Waals surface area contributed by atoms with Crippen LogP contribution in [-0.4, -0.2) is 16.1 Å². The fourth-order valence-electron chi connectivity index (χ4n) is 2.03. The first-order chi connectivity index (χ1) is 8.17. The van der Waals surface area contributed by atoms with Crippen LogP contribution in [0.1, 0.15) is 25.7 Å². The Bertz CT molecular complexity index is 324. The van der Waals surface area contributed by atoms with E-state index in [1.54, 1.807) is 11.1 Å². The maximum absolute atomic E-state index is 2.50. The summed E-state index contributed by atoms with van der Waals surface area (Å²) in [5.74, 6) is 0. The van der Waals surface area contributed by atoms with Crippen molar-refractivity contribution in [2.24, 2.45) is 0 Å². The third kappa shape index (κ3) is 6.55. The Morgan fingerprint density at radius 2 is 1.00 bits per heavy atom. The summed E-state index contributed by atoms with van der Waals surface area (Å²) in [6.45, 7) is 14.4. The van der Waals surface area contributed by atoms with Crippen LogP contribution in [-0.2, 0) is 0 Å². The fourth-order valence-corrected chi connectivity index (χ4v) is 3.44. The first-order valence-corrected chi connectivity index (χ1v) is 14.4. The van der Waals surface area contributed by atoms with Crippen LogP contribution < -0.4 is 0 Å². The highest BCUT2D eigenvalue weighted by Crippen LogP contribution is 2.27. The summed E-state index contributed by atoms with van der Waals surface area (Å²) in [6, 6.07) is 0. The van der Waals surface area contributed by atoms with E-state index >= 15 is 0 Å². The molecule has 0 aromatic heterocycles. The van der Waals surface area contributed by atoms with Gasteiger partial charge in [0.05, 0.1) is 16.1 Å². The lowest BCUT2D eigenvalue weighted by atomic mass is 9.92. The molecule has 0 bridgehead atoms. The average molecular weight is 279 g/mol. The van der Waals surface area contributed by atoms with Crippen molar-refractivity contribution in [3.05, 3.63) is 34.7 Å². The van der Waals surface area contributed by atoms with Gasteiger partial charge in [0.1, 0.15) is 0 Å².